The van der Waals surface area contributed by atoms with Crippen molar-refractivity contribution in [1.29, 1.82) is 0 Å². The second-order valence-corrected chi connectivity index (χ2v) is 7.89. The van der Waals surface area contributed by atoms with Crippen molar-refractivity contribution in [2.45, 2.75) is 25.9 Å². The summed E-state index contributed by atoms with van der Waals surface area (Å²) in [5.74, 6) is 0. The molecule has 1 aliphatic rings. The van der Waals surface area contributed by atoms with E-state index in [9.17, 15) is 0 Å². The second kappa shape index (κ2) is 3.00. The van der Waals surface area contributed by atoms with E-state index in [1.807, 2.05) is 0 Å². The van der Waals surface area contributed by atoms with Crippen molar-refractivity contribution in [2.75, 3.05) is 13.3 Å². The van der Waals surface area contributed by atoms with Crippen LogP contribution in [-0.4, -0.2) is 27.9 Å². The molecule has 60 valence electrons. The summed E-state index contributed by atoms with van der Waals surface area (Å²) in [5, 5.41) is 3.07. The molecule has 0 amide bonds. The molecular formula is C6H15NO2Si. The van der Waals surface area contributed by atoms with Crippen LogP contribution < -0.4 is 5.32 Å². The van der Waals surface area contributed by atoms with E-state index in [1.54, 1.807) is 0 Å². The molecule has 1 rings (SSSR count). The quantitative estimate of drug-likeness (QED) is 0.606. The van der Waals surface area contributed by atoms with Crippen LogP contribution in [0.4, 0.5) is 0 Å². The Bertz CT molecular complexity index is 107. The Kier molecular flexibility index (Phi) is 2.46. The third kappa shape index (κ3) is 2.79. The summed E-state index contributed by atoms with van der Waals surface area (Å²) < 4.78 is 10.9. The zero-order chi connectivity index (χ0) is 7.61. The van der Waals surface area contributed by atoms with Crippen LogP contribution in [0.2, 0.25) is 19.6 Å². The number of hydrogen-bond donors (Lipinski definition) is 1. The highest BCUT2D eigenvalue weighted by Crippen LogP contribution is 2.09. The molecular weight excluding hydrogens is 146 g/mol. The van der Waals surface area contributed by atoms with E-state index >= 15 is 0 Å². The van der Waals surface area contributed by atoms with Gasteiger partial charge in [0.2, 0.25) is 0 Å². The molecule has 0 saturated carbocycles. The molecule has 10 heavy (non-hydrogen) atoms. The molecule has 0 aromatic heterocycles. The Labute approximate surface area is 62.8 Å². The standard InChI is InChI=1S/C6H15NO2Si/c1-10(2,3)9-6-4-7-5-8-6/h6-7H,4-5H2,1-3H3. The first-order valence-corrected chi connectivity index (χ1v) is 6.99. The second-order valence-electron chi connectivity index (χ2n) is 3.42. The van der Waals surface area contributed by atoms with Crippen LogP contribution in [0.25, 0.3) is 0 Å². The topological polar surface area (TPSA) is 30.5 Å². The maximum atomic E-state index is 5.65. The van der Waals surface area contributed by atoms with Crippen molar-refractivity contribution < 1.29 is 9.16 Å². The summed E-state index contributed by atoms with van der Waals surface area (Å²) in [5.41, 5.74) is 0. The van der Waals surface area contributed by atoms with E-state index in [4.69, 9.17) is 9.16 Å². The monoisotopic (exact) mass is 161 g/mol. The van der Waals surface area contributed by atoms with E-state index in [1.165, 1.54) is 0 Å². The Morgan fingerprint density at radius 3 is 2.60 bits per heavy atom. The predicted octanol–water partition coefficient (Wildman–Crippen LogP) is 0.741. The fourth-order valence-corrected chi connectivity index (χ4v) is 1.80. The Morgan fingerprint density at radius 1 is 1.50 bits per heavy atom. The van der Waals surface area contributed by atoms with Crippen molar-refractivity contribution in [1.82, 2.24) is 5.32 Å². The first-order chi connectivity index (χ1) is 4.58. The van der Waals surface area contributed by atoms with Crippen LogP contribution in [0.3, 0.4) is 0 Å². The van der Waals surface area contributed by atoms with Crippen LogP contribution in [0.15, 0.2) is 0 Å². The molecule has 0 radical (unpaired) electrons. The summed E-state index contributed by atoms with van der Waals surface area (Å²) in [6, 6.07) is 0. The van der Waals surface area contributed by atoms with Crippen LogP contribution in [0, 0.1) is 0 Å². The zero-order valence-corrected chi connectivity index (χ0v) is 7.81. The molecule has 1 fully saturated rings. The number of ether oxygens (including phenoxy) is 1. The smallest absolute Gasteiger partial charge is 0.187 e. The average molecular weight is 161 g/mol. The minimum atomic E-state index is -1.39. The first-order valence-electron chi connectivity index (χ1n) is 3.58. The van der Waals surface area contributed by atoms with Gasteiger partial charge in [-0.05, 0) is 19.6 Å². The maximum absolute atomic E-state index is 5.65. The summed E-state index contributed by atoms with van der Waals surface area (Å²) in [7, 11) is -1.39. The van der Waals surface area contributed by atoms with Gasteiger partial charge >= 0.3 is 0 Å². The van der Waals surface area contributed by atoms with Gasteiger partial charge in [-0.2, -0.15) is 0 Å². The van der Waals surface area contributed by atoms with Gasteiger partial charge < -0.3 is 9.16 Å². The molecule has 1 atom stereocenters. The Morgan fingerprint density at radius 2 is 2.20 bits per heavy atom. The summed E-state index contributed by atoms with van der Waals surface area (Å²) >= 11 is 0. The SMILES string of the molecule is C[Si](C)(C)OC1CNCO1. The van der Waals surface area contributed by atoms with Crippen molar-refractivity contribution in [2.24, 2.45) is 0 Å². The molecule has 0 spiro atoms. The lowest BCUT2D eigenvalue weighted by atomic mass is 10.7. The Balaban J connectivity index is 2.24. The minimum Gasteiger partial charge on any atom is -0.392 e. The van der Waals surface area contributed by atoms with Crippen LogP contribution in [-0.2, 0) is 9.16 Å². The average Bonchev–Trinajstić information content (AvgIpc) is 2.12. The zero-order valence-electron chi connectivity index (χ0n) is 6.81. The molecule has 1 saturated heterocycles. The van der Waals surface area contributed by atoms with Gasteiger partial charge in [-0.25, -0.2) is 0 Å². The lowest BCUT2D eigenvalue weighted by molar-refractivity contribution is -0.0380. The van der Waals surface area contributed by atoms with Gasteiger partial charge in [0, 0.05) is 6.54 Å². The van der Waals surface area contributed by atoms with Crippen LogP contribution >= 0.6 is 0 Å². The lowest BCUT2D eigenvalue weighted by Gasteiger charge is -2.21. The van der Waals surface area contributed by atoms with Gasteiger partial charge in [-0.15, -0.1) is 0 Å². The van der Waals surface area contributed by atoms with Crippen LogP contribution in [0.5, 0.6) is 0 Å². The van der Waals surface area contributed by atoms with E-state index < -0.39 is 8.32 Å². The molecule has 1 heterocycles. The van der Waals surface area contributed by atoms with Gasteiger partial charge in [0.05, 0.1) is 6.73 Å². The fourth-order valence-electron chi connectivity index (χ4n) is 0.858. The van der Waals surface area contributed by atoms with Gasteiger partial charge in [0.15, 0.2) is 14.6 Å². The predicted molar refractivity (Wildman–Crippen MR) is 42.2 cm³/mol. The summed E-state index contributed by atoms with van der Waals surface area (Å²) in [6.07, 6.45) is 0.00617. The van der Waals surface area contributed by atoms with Gasteiger partial charge in [0.25, 0.3) is 0 Å². The third-order valence-corrected chi connectivity index (χ3v) is 2.14. The van der Waals surface area contributed by atoms with E-state index in [-0.39, 0.29) is 6.29 Å². The van der Waals surface area contributed by atoms with E-state index in [2.05, 4.69) is 25.0 Å². The number of rotatable bonds is 2. The highest BCUT2D eigenvalue weighted by molar-refractivity contribution is 6.69. The lowest BCUT2D eigenvalue weighted by Crippen LogP contribution is -2.33. The molecule has 4 heteroatoms. The van der Waals surface area contributed by atoms with Crippen molar-refractivity contribution in [3.63, 3.8) is 0 Å². The maximum Gasteiger partial charge on any atom is 0.187 e. The first kappa shape index (κ1) is 8.20. The van der Waals surface area contributed by atoms with Gasteiger partial charge in [-0.1, -0.05) is 0 Å². The largest absolute Gasteiger partial charge is 0.392 e. The highest BCUT2D eigenvalue weighted by Gasteiger charge is 2.23. The normalized spacial score (nSPS) is 27.3. The van der Waals surface area contributed by atoms with E-state index in [0.29, 0.717) is 6.73 Å². The van der Waals surface area contributed by atoms with Gasteiger partial charge in [-0.3, -0.25) is 5.32 Å². The molecule has 0 aromatic carbocycles. The highest BCUT2D eigenvalue weighted by atomic mass is 28.4. The van der Waals surface area contributed by atoms with Crippen molar-refractivity contribution in [3.05, 3.63) is 0 Å². The van der Waals surface area contributed by atoms with Crippen molar-refractivity contribution >= 4 is 8.32 Å². The molecule has 3 nitrogen and oxygen atoms in total. The van der Waals surface area contributed by atoms with Crippen molar-refractivity contribution in [3.8, 4) is 0 Å². The minimum absolute atomic E-state index is 0.00617. The van der Waals surface area contributed by atoms with Gasteiger partial charge in [0.1, 0.15) is 0 Å². The Hall–Kier alpha value is 0.0969. The molecule has 1 aliphatic heterocycles. The molecule has 1 N–H and O–H groups in total. The fraction of sp³-hybridized carbons (Fsp3) is 1.00. The number of hydrogen-bond acceptors (Lipinski definition) is 3. The van der Waals surface area contributed by atoms with E-state index in [0.717, 1.165) is 6.54 Å². The molecule has 0 bridgehead atoms. The number of nitrogens with one attached hydrogen (secondary N) is 1. The molecule has 0 aromatic rings. The molecule has 0 aliphatic carbocycles. The van der Waals surface area contributed by atoms with Crippen LogP contribution in [0.1, 0.15) is 0 Å². The summed E-state index contributed by atoms with van der Waals surface area (Å²) in [6.45, 7) is 7.96. The molecule has 1 unspecified atom stereocenters. The summed E-state index contributed by atoms with van der Waals surface area (Å²) in [4.78, 5) is 0. The third-order valence-electron chi connectivity index (χ3n) is 1.17.